The second-order valence-corrected chi connectivity index (χ2v) is 4.06. The number of nitrogens with zero attached hydrogens (tertiary/aromatic N) is 3. The predicted octanol–water partition coefficient (Wildman–Crippen LogP) is 2.35. The molecule has 92 valence electrons. The van der Waals surface area contributed by atoms with Crippen molar-refractivity contribution < 1.29 is 4.39 Å². The van der Waals surface area contributed by atoms with Gasteiger partial charge in [0.2, 0.25) is 0 Å². The van der Waals surface area contributed by atoms with Crippen LogP contribution in [0.2, 0.25) is 0 Å². The molecule has 18 heavy (non-hydrogen) atoms. The van der Waals surface area contributed by atoms with Crippen LogP contribution in [0.1, 0.15) is 17.0 Å². The zero-order valence-electron chi connectivity index (χ0n) is 10.2. The fourth-order valence-electron chi connectivity index (χ4n) is 1.74. The molecule has 0 saturated heterocycles. The molecule has 0 amide bonds. The summed E-state index contributed by atoms with van der Waals surface area (Å²) in [4.78, 5) is 0. The second-order valence-electron chi connectivity index (χ2n) is 4.06. The highest BCUT2D eigenvalue weighted by Gasteiger charge is 2.04. The van der Waals surface area contributed by atoms with E-state index in [2.05, 4.69) is 10.4 Å². The van der Waals surface area contributed by atoms with Crippen molar-refractivity contribution in [3.05, 3.63) is 47.0 Å². The molecule has 0 aliphatic rings. The average molecular weight is 244 g/mol. The Bertz CT molecular complexity index is 610. The molecule has 5 heteroatoms. The van der Waals surface area contributed by atoms with Crippen LogP contribution in [0.15, 0.2) is 24.3 Å². The zero-order chi connectivity index (χ0) is 13.1. The smallest absolute Gasteiger partial charge is 0.141 e. The Morgan fingerprint density at radius 2 is 2.22 bits per heavy atom. The van der Waals surface area contributed by atoms with E-state index in [-0.39, 0.29) is 5.56 Å². The quantitative estimate of drug-likeness (QED) is 0.901. The first kappa shape index (κ1) is 12.1. The summed E-state index contributed by atoms with van der Waals surface area (Å²) in [5.41, 5.74) is 2.73. The van der Waals surface area contributed by atoms with E-state index in [9.17, 15) is 4.39 Å². The molecule has 0 unspecified atom stereocenters. The molecule has 2 aromatic rings. The lowest BCUT2D eigenvalue weighted by Crippen LogP contribution is -2.05. The van der Waals surface area contributed by atoms with Crippen molar-refractivity contribution in [1.82, 2.24) is 9.78 Å². The second kappa shape index (κ2) is 4.88. The minimum Gasteiger partial charge on any atom is -0.379 e. The van der Waals surface area contributed by atoms with Gasteiger partial charge < -0.3 is 5.32 Å². The third-order valence-corrected chi connectivity index (χ3v) is 2.66. The highest BCUT2D eigenvalue weighted by Crippen LogP contribution is 2.15. The number of aromatic nitrogens is 2. The lowest BCUT2D eigenvalue weighted by molar-refractivity contribution is 0.624. The summed E-state index contributed by atoms with van der Waals surface area (Å²) in [6, 6.07) is 8.19. The molecule has 0 atom stereocenters. The van der Waals surface area contributed by atoms with E-state index < -0.39 is 5.82 Å². The minimum absolute atomic E-state index is 0.0428. The molecular formula is C13H13FN4. The maximum Gasteiger partial charge on any atom is 0.141 e. The van der Waals surface area contributed by atoms with Crippen LogP contribution < -0.4 is 5.32 Å². The van der Waals surface area contributed by atoms with Gasteiger partial charge in [-0.2, -0.15) is 10.4 Å². The molecule has 1 aromatic heterocycles. The largest absolute Gasteiger partial charge is 0.379 e. The van der Waals surface area contributed by atoms with E-state index in [1.54, 1.807) is 10.7 Å². The van der Waals surface area contributed by atoms with Gasteiger partial charge in [0.05, 0.1) is 23.5 Å². The molecule has 2 rings (SSSR count). The monoisotopic (exact) mass is 244 g/mol. The number of hydrogen-bond acceptors (Lipinski definition) is 3. The number of hydrogen-bond donors (Lipinski definition) is 1. The van der Waals surface area contributed by atoms with Crippen LogP contribution in [0.25, 0.3) is 0 Å². The molecule has 1 heterocycles. The van der Waals surface area contributed by atoms with Crippen molar-refractivity contribution >= 4 is 5.69 Å². The molecule has 0 fully saturated rings. The van der Waals surface area contributed by atoms with Crippen molar-refractivity contribution in [2.45, 2.75) is 13.5 Å². The summed E-state index contributed by atoms with van der Waals surface area (Å²) < 4.78 is 14.9. The maximum absolute atomic E-state index is 13.1. The topological polar surface area (TPSA) is 53.6 Å². The molecule has 4 nitrogen and oxygen atoms in total. The number of rotatable bonds is 3. The first-order chi connectivity index (χ1) is 8.60. The molecule has 0 spiro atoms. The van der Waals surface area contributed by atoms with Gasteiger partial charge in [0.1, 0.15) is 11.9 Å². The van der Waals surface area contributed by atoms with E-state index in [0.29, 0.717) is 12.2 Å². The maximum atomic E-state index is 13.1. The van der Waals surface area contributed by atoms with Crippen molar-refractivity contribution in [1.29, 1.82) is 5.26 Å². The summed E-state index contributed by atoms with van der Waals surface area (Å²) in [6.45, 7) is 2.50. The SMILES string of the molecule is Cc1cc(CNc2ccc(F)c(C#N)c2)n(C)n1. The van der Waals surface area contributed by atoms with Crippen molar-refractivity contribution in [3.63, 3.8) is 0 Å². The van der Waals surface area contributed by atoms with Crippen LogP contribution in [-0.2, 0) is 13.6 Å². The highest BCUT2D eigenvalue weighted by atomic mass is 19.1. The zero-order valence-corrected chi connectivity index (χ0v) is 10.2. The van der Waals surface area contributed by atoms with Gasteiger partial charge in [-0.25, -0.2) is 4.39 Å². The number of anilines is 1. The minimum atomic E-state index is -0.501. The number of nitrogens with one attached hydrogen (secondary N) is 1. The third-order valence-electron chi connectivity index (χ3n) is 2.66. The fraction of sp³-hybridized carbons (Fsp3) is 0.231. The van der Waals surface area contributed by atoms with E-state index in [4.69, 9.17) is 5.26 Å². The van der Waals surface area contributed by atoms with Gasteiger partial charge in [0.25, 0.3) is 0 Å². The Morgan fingerprint density at radius 1 is 1.44 bits per heavy atom. The molecule has 0 radical (unpaired) electrons. The molecule has 0 aliphatic carbocycles. The summed E-state index contributed by atoms with van der Waals surface area (Å²) in [6.07, 6.45) is 0. The van der Waals surface area contributed by atoms with E-state index in [1.807, 2.05) is 26.1 Å². The Morgan fingerprint density at radius 3 is 2.83 bits per heavy atom. The Labute approximate surface area is 105 Å². The van der Waals surface area contributed by atoms with Crippen LogP contribution in [0.3, 0.4) is 0 Å². The highest BCUT2D eigenvalue weighted by molar-refractivity contribution is 5.49. The Kier molecular flexibility index (Phi) is 3.28. The van der Waals surface area contributed by atoms with Crippen LogP contribution in [0, 0.1) is 24.1 Å². The summed E-state index contributed by atoms with van der Waals surface area (Å²) in [7, 11) is 1.87. The lowest BCUT2D eigenvalue weighted by Gasteiger charge is -2.07. The standard InChI is InChI=1S/C13H13FN4/c1-9-5-12(18(2)17-9)8-16-11-3-4-13(14)10(6-11)7-15/h3-6,16H,8H2,1-2H3. The van der Waals surface area contributed by atoms with Crippen LogP contribution >= 0.6 is 0 Å². The summed E-state index contributed by atoms with van der Waals surface area (Å²) in [5, 5.41) is 16.1. The number of nitriles is 1. The Hall–Kier alpha value is -2.35. The summed E-state index contributed by atoms with van der Waals surface area (Å²) in [5.74, 6) is -0.501. The molecule has 0 bridgehead atoms. The van der Waals surface area contributed by atoms with Crippen LogP contribution in [0.5, 0.6) is 0 Å². The number of halogens is 1. The first-order valence-electron chi connectivity index (χ1n) is 5.53. The average Bonchev–Trinajstić information content (AvgIpc) is 2.67. The molecule has 1 N–H and O–H groups in total. The van der Waals surface area contributed by atoms with Crippen molar-refractivity contribution in [2.24, 2.45) is 7.05 Å². The molecule has 1 aromatic carbocycles. The van der Waals surface area contributed by atoms with Gasteiger partial charge in [0.15, 0.2) is 0 Å². The van der Waals surface area contributed by atoms with Crippen molar-refractivity contribution in [3.8, 4) is 6.07 Å². The fourth-order valence-corrected chi connectivity index (χ4v) is 1.74. The van der Waals surface area contributed by atoms with Gasteiger partial charge in [-0.3, -0.25) is 4.68 Å². The lowest BCUT2D eigenvalue weighted by atomic mass is 10.2. The van der Waals surface area contributed by atoms with Gasteiger partial charge in [-0.1, -0.05) is 0 Å². The molecule has 0 aliphatic heterocycles. The van der Waals surface area contributed by atoms with Crippen LogP contribution in [0.4, 0.5) is 10.1 Å². The Balaban J connectivity index is 2.11. The van der Waals surface area contributed by atoms with Gasteiger partial charge in [0, 0.05) is 12.7 Å². The van der Waals surface area contributed by atoms with E-state index in [1.165, 1.54) is 12.1 Å². The van der Waals surface area contributed by atoms with Crippen molar-refractivity contribution in [2.75, 3.05) is 5.32 Å². The number of benzene rings is 1. The first-order valence-corrected chi connectivity index (χ1v) is 5.53. The van der Waals surface area contributed by atoms with E-state index in [0.717, 1.165) is 11.4 Å². The van der Waals surface area contributed by atoms with Gasteiger partial charge in [-0.05, 0) is 31.2 Å². The normalized spacial score (nSPS) is 10.1. The third kappa shape index (κ3) is 2.48. The van der Waals surface area contributed by atoms with Crippen LogP contribution in [-0.4, -0.2) is 9.78 Å². The number of aryl methyl sites for hydroxylation is 2. The molecule has 0 saturated carbocycles. The predicted molar refractivity (Wildman–Crippen MR) is 66.4 cm³/mol. The summed E-state index contributed by atoms with van der Waals surface area (Å²) >= 11 is 0. The molecular weight excluding hydrogens is 231 g/mol. The van der Waals surface area contributed by atoms with Gasteiger partial charge >= 0.3 is 0 Å². The van der Waals surface area contributed by atoms with E-state index >= 15 is 0 Å². The van der Waals surface area contributed by atoms with Gasteiger partial charge in [-0.15, -0.1) is 0 Å².